The van der Waals surface area contributed by atoms with Gasteiger partial charge in [0.15, 0.2) is 0 Å². The van der Waals surface area contributed by atoms with Gasteiger partial charge >= 0.3 is 0 Å². The lowest BCUT2D eigenvalue weighted by atomic mass is 9.93. The van der Waals surface area contributed by atoms with Gasteiger partial charge in [0.1, 0.15) is 0 Å². The molecule has 0 bridgehead atoms. The van der Waals surface area contributed by atoms with Crippen molar-refractivity contribution in [2.45, 2.75) is 27.3 Å². The minimum absolute atomic E-state index is 0.0814. The molecule has 0 radical (unpaired) electrons. The molecule has 0 amide bonds. The molecule has 2 aromatic rings. The number of fused-ring (bicyclic) bond motifs is 1. The van der Waals surface area contributed by atoms with Crippen LogP contribution in [0.2, 0.25) is 0 Å². The van der Waals surface area contributed by atoms with Crippen LogP contribution < -0.4 is 5.32 Å². The summed E-state index contributed by atoms with van der Waals surface area (Å²) in [6, 6.07) is 8.17. The van der Waals surface area contributed by atoms with Crippen LogP contribution in [-0.2, 0) is 6.54 Å². The van der Waals surface area contributed by atoms with E-state index < -0.39 is 0 Å². The molecule has 0 aliphatic carbocycles. The van der Waals surface area contributed by atoms with Gasteiger partial charge in [0.2, 0.25) is 0 Å². The fourth-order valence-electron chi connectivity index (χ4n) is 1.60. The van der Waals surface area contributed by atoms with Crippen LogP contribution in [0.15, 0.2) is 42.7 Å². The van der Waals surface area contributed by atoms with Crippen molar-refractivity contribution in [2.24, 2.45) is 5.41 Å². The molecule has 0 spiro atoms. The maximum atomic E-state index is 4.31. The predicted molar refractivity (Wildman–Crippen MR) is 70.6 cm³/mol. The van der Waals surface area contributed by atoms with Crippen LogP contribution >= 0.6 is 0 Å². The lowest BCUT2D eigenvalue weighted by Gasteiger charge is -2.23. The highest BCUT2D eigenvalue weighted by Crippen LogP contribution is 2.21. The smallest absolute Gasteiger partial charge is 0.0665 e. The number of nitrogens with one attached hydrogen (secondary N) is 1. The summed E-state index contributed by atoms with van der Waals surface area (Å²) >= 11 is 0. The Morgan fingerprint density at radius 2 is 2.12 bits per heavy atom. The third kappa shape index (κ3) is 2.49. The number of nitrogens with zero attached hydrogens (tertiary/aromatic N) is 2. The zero-order valence-corrected chi connectivity index (χ0v) is 10.7. The molecule has 17 heavy (non-hydrogen) atoms. The van der Waals surface area contributed by atoms with Gasteiger partial charge in [0, 0.05) is 17.3 Å². The van der Waals surface area contributed by atoms with E-state index in [0.717, 1.165) is 23.5 Å². The topological polar surface area (TPSA) is 29.3 Å². The zero-order valence-electron chi connectivity index (χ0n) is 10.7. The summed E-state index contributed by atoms with van der Waals surface area (Å²) in [5.74, 6) is 0. The van der Waals surface area contributed by atoms with Gasteiger partial charge in [-0.05, 0) is 18.2 Å². The predicted octanol–water partition coefficient (Wildman–Crippen LogP) is 2.98. The minimum atomic E-state index is 0.0814. The molecular formula is C14H19N3. The Balaban J connectivity index is 2.14. The molecule has 0 aromatic carbocycles. The Hall–Kier alpha value is -1.77. The van der Waals surface area contributed by atoms with Gasteiger partial charge in [-0.15, -0.1) is 0 Å². The lowest BCUT2D eigenvalue weighted by Crippen LogP contribution is -2.24. The van der Waals surface area contributed by atoms with Crippen molar-refractivity contribution < 1.29 is 0 Å². The second-order valence-electron chi connectivity index (χ2n) is 5.27. The summed E-state index contributed by atoms with van der Waals surface area (Å²) in [5.41, 5.74) is 3.38. The molecule has 0 fully saturated rings. The second-order valence-corrected chi connectivity index (χ2v) is 5.27. The Bertz CT molecular complexity index is 532. The van der Waals surface area contributed by atoms with Crippen LogP contribution in [-0.4, -0.2) is 9.61 Å². The monoisotopic (exact) mass is 229 g/mol. The van der Waals surface area contributed by atoms with E-state index in [2.05, 4.69) is 49.9 Å². The number of rotatable bonds is 3. The van der Waals surface area contributed by atoms with E-state index in [9.17, 15) is 0 Å². The molecule has 0 atom stereocenters. The highest BCUT2D eigenvalue weighted by atomic mass is 15.2. The summed E-state index contributed by atoms with van der Waals surface area (Å²) < 4.78 is 1.95. The number of pyridine rings is 1. The Labute approximate surface area is 102 Å². The molecule has 2 rings (SSSR count). The fraction of sp³-hybridized carbons (Fsp3) is 0.357. The summed E-state index contributed by atoms with van der Waals surface area (Å²) in [5, 5.41) is 7.67. The van der Waals surface area contributed by atoms with Crippen LogP contribution in [0.4, 0.5) is 0 Å². The maximum Gasteiger partial charge on any atom is 0.0665 e. The normalized spacial score (nSPS) is 11.7. The van der Waals surface area contributed by atoms with Crippen molar-refractivity contribution in [1.29, 1.82) is 0 Å². The van der Waals surface area contributed by atoms with Gasteiger partial charge < -0.3 is 5.32 Å². The second kappa shape index (κ2) is 4.24. The number of hydrogen-bond donors (Lipinski definition) is 1. The molecule has 0 aliphatic rings. The van der Waals surface area contributed by atoms with E-state index >= 15 is 0 Å². The first-order valence-electron chi connectivity index (χ1n) is 5.83. The zero-order chi connectivity index (χ0) is 12.5. The molecule has 1 N–H and O–H groups in total. The van der Waals surface area contributed by atoms with Gasteiger partial charge in [-0.1, -0.05) is 33.4 Å². The molecule has 0 aliphatic heterocycles. The van der Waals surface area contributed by atoms with E-state index in [-0.39, 0.29) is 5.41 Å². The molecule has 2 aromatic heterocycles. The third-order valence-electron chi connectivity index (χ3n) is 2.89. The number of hydrogen-bond acceptors (Lipinski definition) is 2. The highest BCUT2D eigenvalue weighted by molar-refractivity contribution is 5.46. The minimum Gasteiger partial charge on any atom is -0.383 e. The highest BCUT2D eigenvalue weighted by Gasteiger charge is 2.14. The molecule has 2 heterocycles. The van der Waals surface area contributed by atoms with Crippen molar-refractivity contribution >= 4 is 5.52 Å². The van der Waals surface area contributed by atoms with E-state index in [0.29, 0.717) is 0 Å². The van der Waals surface area contributed by atoms with Crippen LogP contribution in [0, 0.1) is 5.41 Å². The standard InChI is InChI=1S/C14H19N3/c1-11(14(2,3)4)15-10-13-7-5-6-12-8-9-16-17(12)13/h5-9,15H,1,10H2,2-4H3. The average Bonchev–Trinajstić information content (AvgIpc) is 2.72. The van der Waals surface area contributed by atoms with Crippen molar-refractivity contribution in [1.82, 2.24) is 14.9 Å². The van der Waals surface area contributed by atoms with Gasteiger partial charge in [-0.2, -0.15) is 5.10 Å². The molecule has 0 saturated carbocycles. The largest absolute Gasteiger partial charge is 0.383 e. The SMILES string of the molecule is C=C(NCc1cccc2ccnn12)C(C)(C)C. The van der Waals surface area contributed by atoms with Gasteiger partial charge in [0.05, 0.1) is 17.8 Å². The molecule has 0 unspecified atom stereocenters. The quantitative estimate of drug-likeness (QED) is 0.876. The Morgan fingerprint density at radius 1 is 1.35 bits per heavy atom. The number of aromatic nitrogens is 2. The first-order chi connectivity index (χ1) is 7.98. The molecule has 3 heteroatoms. The lowest BCUT2D eigenvalue weighted by molar-refractivity contribution is 0.459. The molecular weight excluding hydrogens is 210 g/mol. The summed E-state index contributed by atoms with van der Waals surface area (Å²) in [7, 11) is 0. The Morgan fingerprint density at radius 3 is 2.82 bits per heavy atom. The summed E-state index contributed by atoms with van der Waals surface area (Å²) in [4.78, 5) is 0. The van der Waals surface area contributed by atoms with Crippen molar-refractivity contribution in [2.75, 3.05) is 0 Å². The Kier molecular flexibility index (Phi) is 2.92. The number of allylic oxidation sites excluding steroid dienone is 1. The fourth-order valence-corrected chi connectivity index (χ4v) is 1.60. The molecule has 90 valence electrons. The molecule has 0 saturated heterocycles. The van der Waals surface area contributed by atoms with Crippen LogP contribution in [0.3, 0.4) is 0 Å². The van der Waals surface area contributed by atoms with Crippen molar-refractivity contribution in [3.8, 4) is 0 Å². The van der Waals surface area contributed by atoms with Gasteiger partial charge in [0.25, 0.3) is 0 Å². The van der Waals surface area contributed by atoms with E-state index in [1.54, 1.807) is 0 Å². The van der Waals surface area contributed by atoms with Gasteiger partial charge in [-0.25, -0.2) is 4.52 Å². The first-order valence-corrected chi connectivity index (χ1v) is 5.83. The van der Waals surface area contributed by atoms with E-state index in [1.165, 1.54) is 0 Å². The van der Waals surface area contributed by atoms with Crippen molar-refractivity contribution in [3.63, 3.8) is 0 Å². The van der Waals surface area contributed by atoms with Gasteiger partial charge in [-0.3, -0.25) is 0 Å². The van der Waals surface area contributed by atoms with Crippen LogP contribution in [0.5, 0.6) is 0 Å². The summed E-state index contributed by atoms with van der Waals surface area (Å²) in [6.07, 6.45) is 1.82. The first kappa shape index (κ1) is 11.7. The van der Waals surface area contributed by atoms with E-state index in [1.807, 2.05) is 22.8 Å². The van der Waals surface area contributed by atoms with Crippen LogP contribution in [0.1, 0.15) is 26.5 Å². The third-order valence-corrected chi connectivity index (χ3v) is 2.89. The molecule has 3 nitrogen and oxygen atoms in total. The average molecular weight is 229 g/mol. The summed E-state index contributed by atoms with van der Waals surface area (Å²) in [6.45, 7) is 11.3. The van der Waals surface area contributed by atoms with E-state index in [4.69, 9.17) is 0 Å². The van der Waals surface area contributed by atoms with Crippen LogP contribution in [0.25, 0.3) is 5.52 Å². The maximum absolute atomic E-state index is 4.31. The van der Waals surface area contributed by atoms with Crippen molar-refractivity contribution in [3.05, 3.63) is 48.4 Å².